The van der Waals surface area contributed by atoms with E-state index in [9.17, 15) is 0 Å². The van der Waals surface area contributed by atoms with E-state index in [1.54, 1.807) is 0 Å². The zero-order chi connectivity index (χ0) is 65.3. The van der Waals surface area contributed by atoms with Gasteiger partial charge in [0.1, 0.15) is 55.8 Å². The lowest BCUT2D eigenvalue weighted by Gasteiger charge is -2.26. The molecule has 0 N–H and O–H groups in total. The molecule has 0 atom stereocenters. The second-order valence-corrected chi connectivity index (χ2v) is 27.3. The third-order valence-electron chi connectivity index (χ3n) is 20.6. The Kier molecular flexibility index (Phi) is 11.7. The summed E-state index contributed by atoms with van der Waals surface area (Å²) < 4.78 is 35.7. The highest BCUT2D eigenvalue weighted by atomic mass is 32.1. The zero-order valence-corrected chi connectivity index (χ0v) is 54.2. The van der Waals surface area contributed by atoms with E-state index in [0.29, 0.717) is 0 Å². The minimum absolute atomic E-state index is 0.812. The number of nitrogens with zero attached hydrogens (tertiary/aromatic N) is 2. The summed E-state index contributed by atoms with van der Waals surface area (Å²) in [7, 11) is 0. The molecule has 0 saturated carbocycles. The van der Waals surface area contributed by atoms with Crippen LogP contribution in [0.3, 0.4) is 0 Å². The van der Waals surface area contributed by atoms with Crippen LogP contribution in [0.5, 0.6) is 0 Å². The largest absolute Gasteiger partial charge is 0.456 e. The minimum Gasteiger partial charge on any atom is -0.456 e. The summed E-state index contributed by atoms with van der Waals surface area (Å²) in [6.45, 7) is 0. The Balaban J connectivity index is 0.605. The molecule has 22 aromatic rings. The maximum absolute atomic E-state index is 6.96. The van der Waals surface area contributed by atoms with Crippen LogP contribution < -0.4 is 9.80 Å². The summed E-state index contributed by atoms with van der Waals surface area (Å²) in [6.07, 6.45) is 0. The van der Waals surface area contributed by atoms with Gasteiger partial charge in [-0.2, -0.15) is 0 Å². The molecule has 100 heavy (non-hydrogen) atoms. The monoisotopic (exact) mass is 1300 g/mol. The fraction of sp³-hybridized carbons (Fsp3) is 0. The van der Waals surface area contributed by atoms with Crippen molar-refractivity contribution in [3.63, 3.8) is 0 Å². The van der Waals surface area contributed by atoms with E-state index in [4.69, 9.17) is 22.1 Å². The van der Waals surface area contributed by atoms with Crippen LogP contribution in [0, 0.1) is 0 Å². The molecule has 22 rings (SSSR count). The van der Waals surface area contributed by atoms with Crippen molar-refractivity contribution in [3.8, 4) is 33.4 Å². The van der Waals surface area contributed by atoms with Crippen LogP contribution in [0.1, 0.15) is 0 Å². The number of rotatable bonds is 9. The van der Waals surface area contributed by atoms with E-state index in [1.807, 2.05) is 35.6 Å². The first-order valence-corrected chi connectivity index (χ1v) is 34.5. The third kappa shape index (κ3) is 8.44. The van der Waals surface area contributed by atoms with Crippen LogP contribution in [0.2, 0.25) is 0 Å². The second-order valence-electron chi connectivity index (χ2n) is 26.2. The summed E-state index contributed by atoms with van der Waals surface area (Å²) in [5.74, 6) is 0. The molecule has 0 amide bonds. The molecule has 6 aromatic heterocycles. The molecule has 0 spiro atoms. The fourth-order valence-corrected chi connectivity index (χ4v) is 17.0. The molecule has 8 heteroatoms. The molecular weight excluding hydrogens is 1250 g/mol. The van der Waals surface area contributed by atoms with E-state index in [0.717, 1.165) is 193 Å². The van der Waals surface area contributed by atoms with Gasteiger partial charge in [-0.3, -0.25) is 0 Å². The standard InChI is InChI=1S/C92H52N2O5S/c1-2-11-67-54(10-1)26-40-75-71-38-28-58(47-86(71)99-91(67)75)53-22-30-60(31-23-53)93(62-36-44-82-78(49-62)69-13-4-7-17-81(69)95-82)63-37-45-83-79(50-63)72-39-29-59(48-85(72)97-83)57-21-20-56-27-41-76-90-66(15-9-18-84(90)98-92(76)77(56)46-57)55-24-32-61(33-25-55)94(64-34-42-70-68-12-3-6-16-80(68)96-87(70)51-64)65-35-43-74-73-14-5-8-19-88(73)100-89(74)52-65/h1-52H. The molecule has 0 unspecified atom stereocenters. The lowest BCUT2D eigenvalue weighted by atomic mass is 9.96. The normalized spacial score (nSPS) is 12.2. The maximum Gasteiger partial charge on any atom is 0.143 e. The van der Waals surface area contributed by atoms with Gasteiger partial charge in [-0.25, -0.2) is 0 Å². The van der Waals surface area contributed by atoms with Crippen LogP contribution in [0.4, 0.5) is 34.1 Å². The van der Waals surface area contributed by atoms with E-state index < -0.39 is 0 Å². The topological polar surface area (TPSA) is 72.2 Å². The minimum atomic E-state index is 0.812. The Labute approximate surface area is 574 Å². The van der Waals surface area contributed by atoms with E-state index in [2.05, 4.69) is 301 Å². The Bertz CT molecular complexity index is 7070. The first-order valence-electron chi connectivity index (χ1n) is 33.7. The number of furan rings is 5. The molecule has 6 heterocycles. The van der Waals surface area contributed by atoms with Crippen LogP contribution in [0.15, 0.2) is 338 Å². The lowest BCUT2D eigenvalue weighted by molar-refractivity contribution is 0.668. The van der Waals surface area contributed by atoms with E-state index in [-0.39, 0.29) is 0 Å². The van der Waals surface area contributed by atoms with Gasteiger partial charge in [0.2, 0.25) is 0 Å². The van der Waals surface area contributed by atoms with E-state index in [1.165, 1.54) is 25.6 Å². The third-order valence-corrected chi connectivity index (χ3v) is 21.8. The predicted octanol–water partition coefficient (Wildman–Crippen LogP) is 27.8. The number of thiophene rings is 1. The number of para-hydroxylation sites is 2. The Morgan fingerprint density at radius 1 is 0.200 bits per heavy atom. The van der Waals surface area contributed by atoms with Crippen molar-refractivity contribution in [1.82, 2.24) is 0 Å². The van der Waals surface area contributed by atoms with Gasteiger partial charge in [-0.15, -0.1) is 11.3 Å². The maximum atomic E-state index is 6.96. The van der Waals surface area contributed by atoms with Gasteiger partial charge < -0.3 is 31.9 Å². The van der Waals surface area contributed by atoms with E-state index >= 15 is 0 Å². The quantitative estimate of drug-likeness (QED) is 0.143. The number of hydrogen-bond donors (Lipinski definition) is 0. The average Bonchev–Trinajstić information content (AvgIpc) is 1.58. The van der Waals surface area contributed by atoms with Crippen molar-refractivity contribution >= 4 is 197 Å². The first-order chi connectivity index (χ1) is 49.5. The van der Waals surface area contributed by atoms with Crippen molar-refractivity contribution < 1.29 is 22.1 Å². The number of benzene rings is 16. The van der Waals surface area contributed by atoms with Crippen LogP contribution in [-0.2, 0) is 0 Å². The zero-order valence-electron chi connectivity index (χ0n) is 53.4. The SMILES string of the molecule is c1ccc2c(c1)ccc1c3ccc(-c4ccc(N(c5ccc6oc7ccccc7c6c5)c5ccc6oc7cc(-c8ccc9ccc%10c(oc%11cccc(-c%12ccc(N(c%13ccc%14c(c%13)oc%13ccccc%13%14)c%13ccc%14c(c%13)sc%13ccccc%13%14)cc%12)c%11%10)c9c8)ccc7c6c5)cc4)cc3oc21. The van der Waals surface area contributed by atoms with Crippen molar-refractivity contribution in [3.05, 3.63) is 315 Å². The van der Waals surface area contributed by atoms with Crippen molar-refractivity contribution in [1.29, 1.82) is 0 Å². The van der Waals surface area contributed by atoms with Gasteiger partial charge in [-0.05, 0) is 196 Å². The molecule has 0 aliphatic carbocycles. The molecule has 7 nitrogen and oxygen atoms in total. The van der Waals surface area contributed by atoms with Gasteiger partial charge >= 0.3 is 0 Å². The van der Waals surface area contributed by atoms with Gasteiger partial charge in [0, 0.05) is 125 Å². The van der Waals surface area contributed by atoms with Crippen LogP contribution in [0.25, 0.3) is 185 Å². The van der Waals surface area contributed by atoms with Crippen molar-refractivity contribution in [2.75, 3.05) is 9.80 Å². The second kappa shape index (κ2) is 21.2. The molecule has 0 bridgehead atoms. The number of fused-ring (bicyclic) bond motifs is 22. The molecule has 0 radical (unpaired) electrons. The smallest absolute Gasteiger partial charge is 0.143 e. The first kappa shape index (κ1) is 55.0. The summed E-state index contributed by atoms with van der Waals surface area (Å²) in [4.78, 5) is 4.67. The number of hydrogen-bond acceptors (Lipinski definition) is 8. The Hall–Kier alpha value is -13.1. The summed E-state index contributed by atoms with van der Waals surface area (Å²) in [5, 5.41) is 17.8. The number of anilines is 6. The molecule has 0 aliphatic rings. The molecule has 0 fully saturated rings. The molecule has 16 aromatic carbocycles. The molecule has 0 aliphatic heterocycles. The fourth-order valence-electron chi connectivity index (χ4n) is 15.8. The lowest BCUT2D eigenvalue weighted by Crippen LogP contribution is -2.09. The Morgan fingerprint density at radius 3 is 1.36 bits per heavy atom. The average molecular weight is 1300 g/mol. The molecule has 466 valence electrons. The summed E-state index contributed by atoms with van der Waals surface area (Å²) in [6, 6.07) is 113. The molecule has 0 saturated heterocycles. The van der Waals surface area contributed by atoms with Gasteiger partial charge in [-0.1, -0.05) is 158 Å². The van der Waals surface area contributed by atoms with Gasteiger partial charge in [0.25, 0.3) is 0 Å². The van der Waals surface area contributed by atoms with Crippen LogP contribution >= 0.6 is 11.3 Å². The highest BCUT2D eigenvalue weighted by molar-refractivity contribution is 7.25. The summed E-state index contributed by atoms with van der Waals surface area (Å²) >= 11 is 1.83. The van der Waals surface area contributed by atoms with Gasteiger partial charge in [0.05, 0.1) is 0 Å². The van der Waals surface area contributed by atoms with Crippen LogP contribution in [-0.4, -0.2) is 0 Å². The summed E-state index contributed by atoms with van der Waals surface area (Å²) in [5.41, 5.74) is 21.2. The highest BCUT2D eigenvalue weighted by Gasteiger charge is 2.23. The van der Waals surface area contributed by atoms with Gasteiger partial charge in [0.15, 0.2) is 0 Å². The molecular formula is C92H52N2O5S. The predicted molar refractivity (Wildman–Crippen MR) is 416 cm³/mol. The van der Waals surface area contributed by atoms with Crippen molar-refractivity contribution in [2.45, 2.75) is 0 Å². The Morgan fingerprint density at radius 2 is 0.620 bits per heavy atom. The van der Waals surface area contributed by atoms with Crippen molar-refractivity contribution in [2.24, 2.45) is 0 Å². The highest BCUT2D eigenvalue weighted by Crippen LogP contribution is 2.48.